The maximum Gasteiger partial charge on any atom is 0.323 e. The van der Waals surface area contributed by atoms with Crippen molar-refractivity contribution in [3.63, 3.8) is 0 Å². The summed E-state index contributed by atoms with van der Waals surface area (Å²) in [6.45, 7) is 8.33. The molecule has 1 saturated heterocycles. The van der Waals surface area contributed by atoms with E-state index in [1.165, 1.54) is 5.56 Å². The van der Waals surface area contributed by atoms with Crippen molar-refractivity contribution in [1.82, 2.24) is 5.32 Å². The first-order valence-corrected chi connectivity index (χ1v) is 10.7. The zero-order valence-corrected chi connectivity index (χ0v) is 18.3. The fourth-order valence-electron chi connectivity index (χ4n) is 2.41. The van der Waals surface area contributed by atoms with Crippen LogP contribution in [0.15, 0.2) is 24.3 Å². The summed E-state index contributed by atoms with van der Waals surface area (Å²) in [5.74, 6) is 1.18. The highest BCUT2D eigenvalue weighted by molar-refractivity contribution is 7.98. The minimum atomic E-state index is -0.734. The van der Waals surface area contributed by atoms with Crippen molar-refractivity contribution in [2.24, 2.45) is 5.92 Å². The summed E-state index contributed by atoms with van der Waals surface area (Å²) in [4.78, 5) is 22.0. The van der Waals surface area contributed by atoms with Crippen molar-refractivity contribution in [2.75, 3.05) is 19.4 Å². The van der Waals surface area contributed by atoms with E-state index in [1.807, 2.05) is 45.0 Å². The Morgan fingerprint density at radius 3 is 2.39 bits per heavy atom. The lowest BCUT2D eigenvalue weighted by molar-refractivity contribution is -0.157. The molecule has 1 aliphatic rings. The van der Waals surface area contributed by atoms with Crippen LogP contribution in [-0.4, -0.2) is 48.1 Å². The number of carboxylic acids is 1. The van der Waals surface area contributed by atoms with Gasteiger partial charge < -0.3 is 19.9 Å². The van der Waals surface area contributed by atoms with Crippen LogP contribution in [0.3, 0.4) is 0 Å². The number of thioether (sulfide) groups is 1. The second kappa shape index (κ2) is 12.0. The van der Waals surface area contributed by atoms with Gasteiger partial charge in [0, 0.05) is 11.5 Å². The van der Waals surface area contributed by atoms with Crippen molar-refractivity contribution in [2.45, 2.75) is 57.9 Å². The molecule has 28 heavy (non-hydrogen) atoms. The average molecular weight is 412 g/mol. The predicted octanol–water partition coefficient (Wildman–Crippen LogP) is 3.73. The SMILES string of the molecule is CC(C)(C)OC(=O)[C@@H]1CCCN1.COc1ccc(CSCC(C)C(=O)O)cc1. The van der Waals surface area contributed by atoms with Crippen molar-refractivity contribution in [1.29, 1.82) is 0 Å². The van der Waals surface area contributed by atoms with Gasteiger partial charge in [0.25, 0.3) is 0 Å². The minimum Gasteiger partial charge on any atom is -0.497 e. The molecule has 2 atom stereocenters. The van der Waals surface area contributed by atoms with Gasteiger partial charge in [-0.3, -0.25) is 9.59 Å². The number of hydrogen-bond donors (Lipinski definition) is 2. The van der Waals surface area contributed by atoms with Gasteiger partial charge in [0.15, 0.2) is 0 Å². The molecular weight excluding hydrogens is 378 g/mol. The van der Waals surface area contributed by atoms with Gasteiger partial charge in [0.2, 0.25) is 0 Å². The summed E-state index contributed by atoms with van der Waals surface area (Å²) in [7, 11) is 1.64. The van der Waals surface area contributed by atoms with E-state index in [-0.39, 0.29) is 23.5 Å². The Morgan fingerprint density at radius 1 is 1.29 bits per heavy atom. The molecule has 6 nitrogen and oxygen atoms in total. The van der Waals surface area contributed by atoms with Crippen molar-refractivity contribution in [3.8, 4) is 5.75 Å². The standard InChI is InChI=1S/C12H16O3S.C9H17NO2/c1-9(12(13)14)7-16-8-10-3-5-11(15-2)6-4-10;1-9(2,3)12-8(11)7-5-4-6-10-7/h3-6,9H,7-8H2,1-2H3,(H,13,14);7,10H,4-6H2,1-3H3/t;7-/m.0/s1. The lowest BCUT2D eigenvalue weighted by Gasteiger charge is -2.21. The van der Waals surface area contributed by atoms with Crippen LogP contribution in [-0.2, 0) is 20.1 Å². The molecule has 1 aromatic carbocycles. The molecule has 1 fully saturated rings. The number of esters is 1. The Kier molecular flexibility index (Phi) is 10.4. The smallest absolute Gasteiger partial charge is 0.323 e. The summed E-state index contributed by atoms with van der Waals surface area (Å²) in [5.41, 5.74) is 0.824. The largest absolute Gasteiger partial charge is 0.497 e. The van der Waals surface area contributed by atoms with Gasteiger partial charge in [-0.2, -0.15) is 11.8 Å². The highest BCUT2D eigenvalue weighted by atomic mass is 32.2. The number of benzene rings is 1. The topological polar surface area (TPSA) is 84.9 Å². The number of nitrogens with one attached hydrogen (secondary N) is 1. The molecule has 0 saturated carbocycles. The Bertz CT molecular complexity index is 606. The first-order valence-electron chi connectivity index (χ1n) is 9.52. The molecule has 158 valence electrons. The van der Waals surface area contributed by atoms with Gasteiger partial charge in [-0.15, -0.1) is 0 Å². The molecule has 0 spiro atoms. The number of carboxylic acid groups (broad SMARTS) is 1. The minimum absolute atomic E-state index is 0.0655. The van der Waals surface area contributed by atoms with Crippen LogP contribution in [0.25, 0.3) is 0 Å². The number of hydrogen-bond acceptors (Lipinski definition) is 6. The molecule has 1 heterocycles. The Hall–Kier alpha value is -1.73. The highest BCUT2D eigenvalue weighted by Gasteiger charge is 2.27. The Balaban J connectivity index is 0.000000292. The van der Waals surface area contributed by atoms with Crippen molar-refractivity contribution >= 4 is 23.7 Å². The maximum absolute atomic E-state index is 11.4. The van der Waals surface area contributed by atoms with Crippen LogP contribution < -0.4 is 10.1 Å². The van der Waals surface area contributed by atoms with Crippen molar-refractivity contribution < 1.29 is 24.2 Å². The summed E-state index contributed by atoms with van der Waals surface area (Å²) in [6.07, 6.45) is 1.98. The van der Waals surface area contributed by atoms with Crippen LogP contribution in [0.2, 0.25) is 0 Å². The van der Waals surface area contributed by atoms with Gasteiger partial charge in [-0.25, -0.2) is 0 Å². The fourth-order valence-corrected chi connectivity index (χ4v) is 3.45. The lowest BCUT2D eigenvalue weighted by Crippen LogP contribution is -2.37. The second-order valence-corrected chi connectivity index (χ2v) is 8.82. The third-order valence-corrected chi connectivity index (χ3v) is 5.24. The van der Waals surface area contributed by atoms with Gasteiger partial charge in [0.05, 0.1) is 13.0 Å². The normalized spacial score (nSPS) is 17.2. The van der Waals surface area contributed by atoms with E-state index < -0.39 is 5.97 Å². The monoisotopic (exact) mass is 411 g/mol. The third kappa shape index (κ3) is 9.99. The van der Waals surface area contributed by atoms with Crippen LogP contribution in [0, 0.1) is 5.92 Å². The summed E-state index contributed by atoms with van der Waals surface area (Å²) < 4.78 is 10.3. The van der Waals surface area contributed by atoms with Gasteiger partial charge in [-0.05, 0) is 57.9 Å². The summed E-state index contributed by atoms with van der Waals surface area (Å²) >= 11 is 1.63. The van der Waals surface area contributed by atoms with E-state index in [2.05, 4.69) is 5.32 Å². The first-order chi connectivity index (χ1) is 13.1. The van der Waals surface area contributed by atoms with Crippen molar-refractivity contribution in [3.05, 3.63) is 29.8 Å². The quantitative estimate of drug-likeness (QED) is 0.661. The van der Waals surface area contributed by atoms with Crippen LogP contribution in [0.4, 0.5) is 0 Å². The molecule has 0 bridgehead atoms. The summed E-state index contributed by atoms with van der Waals surface area (Å²) in [5, 5.41) is 11.8. The number of aliphatic carboxylic acids is 1. The fraction of sp³-hybridized carbons (Fsp3) is 0.619. The zero-order valence-electron chi connectivity index (χ0n) is 17.5. The number of rotatable bonds is 7. The van der Waals surface area contributed by atoms with Crippen LogP contribution >= 0.6 is 11.8 Å². The molecule has 2 N–H and O–H groups in total. The average Bonchev–Trinajstić information content (AvgIpc) is 3.16. The lowest BCUT2D eigenvalue weighted by atomic mass is 10.2. The van der Waals surface area contributed by atoms with E-state index in [1.54, 1.807) is 25.8 Å². The van der Waals surface area contributed by atoms with E-state index >= 15 is 0 Å². The molecule has 0 aliphatic carbocycles. The Morgan fingerprint density at radius 2 is 1.93 bits per heavy atom. The van der Waals surface area contributed by atoms with E-state index in [9.17, 15) is 9.59 Å². The molecule has 2 rings (SSSR count). The van der Waals surface area contributed by atoms with Crippen LogP contribution in [0.5, 0.6) is 5.75 Å². The van der Waals surface area contributed by atoms with Gasteiger partial charge in [0.1, 0.15) is 17.4 Å². The number of methoxy groups -OCH3 is 1. The zero-order chi connectivity index (χ0) is 21.2. The van der Waals surface area contributed by atoms with Crippen LogP contribution in [0.1, 0.15) is 46.1 Å². The van der Waals surface area contributed by atoms with E-state index in [0.29, 0.717) is 5.75 Å². The molecule has 1 aromatic rings. The molecular formula is C21H33NO5S. The maximum atomic E-state index is 11.4. The van der Waals surface area contributed by atoms with Gasteiger partial charge >= 0.3 is 11.9 Å². The third-order valence-electron chi connectivity index (χ3n) is 3.97. The first kappa shape index (κ1) is 24.3. The molecule has 0 amide bonds. The molecule has 1 aliphatic heterocycles. The predicted molar refractivity (Wildman–Crippen MR) is 113 cm³/mol. The second-order valence-electron chi connectivity index (χ2n) is 7.78. The van der Waals surface area contributed by atoms with Gasteiger partial charge in [-0.1, -0.05) is 19.1 Å². The number of carbonyl (C=O) groups excluding carboxylic acids is 1. The molecule has 7 heteroatoms. The Labute approximate surface area is 172 Å². The number of ether oxygens (including phenoxy) is 2. The molecule has 0 radical (unpaired) electrons. The molecule has 0 aromatic heterocycles. The summed E-state index contributed by atoms with van der Waals surface area (Å²) in [6, 6.07) is 7.76. The number of carbonyl (C=O) groups is 2. The molecule has 1 unspecified atom stereocenters. The highest BCUT2D eigenvalue weighted by Crippen LogP contribution is 2.18. The van der Waals surface area contributed by atoms with E-state index in [4.69, 9.17) is 14.6 Å². The van der Waals surface area contributed by atoms with E-state index in [0.717, 1.165) is 30.9 Å².